The van der Waals surface area contributed by atoms with E-state index in [2.05, 4.69) is 29.4 Å². The molecule has 0 radical (unpaired) electrons. The maximum atomic E-state index is 4.78. The minimum atomic E-state index is 0. The van der Waals surface area contributed by atoms with Crippen molar-refractivity contribution in [2.45, 2.75) is 58.4 Å². The lowest BCUT2D eigenvalue weighted by atomic mass is 10.1. The number of hydrogen-bond acceptors (Lipinski definition) is 2. The topological polar surface area (TPSA) is 39.7 Å². The van der Waals surface area contributed by atoms with E-state index in [-0.39, 0.29) is 24.0 Å². The van der Waals surface area contributed by atoms with Crippen molar-refractivity contribution in [2.75, 3.05) is 32.7 Å². The Bertz CT molecular complexity index is 305. The van der Waals surface area contributed by atoms with Crippen LogP contribution in [-0.2, 0) is 0 Å². The minimum absolute atomic E-state index is 0. The lowest BCUT2D eigenvalue weighted by Gasteiger charge is -2.15. The zero-order valence-electron chi connectivity index (χ0n) is 13.7. The Morgan fingerprint density at radius 3 is 2.62 bits per heavy atom. The summed E-state index contributed by atoms with van der Waals surface area (Å²) in [5.41, 5.74) is 0. The first kappa shape index (κ1) is 19.0. The SMILES string of the molecule is CCCCCNC(=NCC1CCN(C2CC2)C1)NCC.I. The van der Waals surface area contributed by atoms with Gasteiger partial charge < -0.3 is 15.5 Å². The van der Waals surface area contributed by atoms with E-state index in [1.807, 2.05) is 0 Å². The monoisotopic (exact) mass is 408 g/mol. The van der Waals surface area contributed by atoms with Crippen LogP contribution in [0, 0.1) is 5.92 Å². The number of hydrogen-bond donors (Lipinski definition) is 2. The fourth-order valence-electron chi connectivity index (χ4n) is 2.93. The van der Waals surface area contributed by atoms with Crippen molar-refractivity contribution in [1.82, 2.24) is 15.5 Å². The molecule has 2 fully saturated rings. The summed E-state index contributed by atoms with van der Waals surface area (Å²) in [5, 5.41) is 6.81. The molecule has 124 valence electrons. The van der Waals surface area contributed by atoms with Crippen LogP contribution in [0.25, 0.3) is 0 Å². The van der Waals surface area contributed by atoms with Gasteiger partial charge in [0, 0.05) is 32.2 Å². The predicted octanol–water partition coefficient (Wildman–Crippen LogP) is 2.83. The highest BCUT2D eigenvalue weighted by Crippen LogP contribution is 2.31. The molecule has 1 saturated carbocycles. The molecule has 1 saturated heterocycles. The fraction of sp³-hybridized carbons (Fsp3) is 0.938. The second-order valence-corrected chi connectivity index (χ2v) is 6.23. The van der Waals surface area contributed by atoms with E-state index >= 15 is 0 Å². The quantitative estimate of drug-likeness (QED) is 0.281. The zero-order chi connectivity index (χ0) is 14.2. The molecule has 0 aromatic carbocycles. The molecule has 0 aromatic rings. The summed E-state index contributed by atoms with van der Waals surface area (Å²) in [6.45, 7) is 9.90. The largest absolute Gasteiger partial charge is 0.357 e. The molecular weight excluding hydrogens is 375 g/mol. The van der Waals surface area contributed by atoms with Crippen molar-refractivity contribution in [3.05, 3.63) is 0 Å². The fourth-order valence-corrected chi connectivity index (χ4v) is 2.93. The predicted molar refractivity (Wildman–Crippen MR) is 102 cm³/mol. The van der Waals surface area contributed by atoms with Crippen molar-refractivity contribution in [3.63, 3.8) is 0 Å². The normalized spacial score (nSPS) is 23.0. The number of rotatable bonds is 8. The highest BCUT2D eigenvalue weighted by molar-refractivity contribution is 14.0. The maximum Gasteiger partial charge on any atom is 0.191 e. The molecule has 1 aliphatic heterocycles. The van der Waals surface area contributed by atoms with E-state index in [1.54, 1.807) is 0 Å². The molecule has 1 atom stereocenters. The minimum Gasteiger partial charge on any atom is -0.357 e. The maximum absolute atomic E-state index is 4.78. The zero-order valence-corrected chi connectivity index (χ0v) is 16.1. The van der Waals surface area contributed by atoms with Crippen molar-refractivity contribution >= 4 is 29.9 Å². The van der Waals surface area contributed by atoms with Gasteiger partial charge >= 0.3 is 0 Å². The lowest BCUT2D eigenvalue weighted by molar-refractivity contribution is 0.315. The van der Waals surface area contributed by atoms with E-state index in [1.165, 1.54) is 51.6 Å². The van der Waals surface area contributed by atoms with Crippen LogP contribution in [0.2, 0.25) is 0 Å². The van der Waals surface area contributed by atoms with Gasteiger partial charge in [-0.1, -0.05) is 19.8 Å². The van der Waals surface area contributed by atoms with Gasteiger partial charge in [-0.15, -0.1) is 24.0 Å². The Morgan fingerprint density at radius 2 is 1.95 bits per heavy atom. The van der Waals surface area contributed by atoms with Crippen LogP contribution in [-0.4, -0.2) is 49.6 Å². The number of guanidine groups is 1. The summed E-state index contributed by atoms with van der Waals surface area (Å²) in [7, 11) is 0. The molecule has 5 heteroatoms. The van der Waals surface area contributed by atoms with E-state index in [4.69, 9.17) is 4.99 Å². The number of nitrogens with zero attached hydrogens (tertiary/aromatic N) is 2. The molecule has 2 aliphatic rings. The average Bonchev–Trinajstić information content (AvgIpc) is 3.20. The van der Waals surface area contributed by atoms with E-state index in [0.29, 0.717) is 0 Å². The molecule has 1 unspecified atom stereocenters. The van der Waals surface area contributed by atoms with Crippen LogP contribution >= 0.6 is 24.0 Å². The van der Waals surface area contributed by atoms with Crippen molar-refractivity contribution in [2.24, 2.45) is 10.9 Å². The third-order valence-electron chi connectivity index (χ3n) is 4.31. The standard InChI is InChI=1S/C16H32N4.HI/c1-3-5-6-10-18-16(17-4-2)19-12-14-9-11-20(13-14)15-7-8-15;/h14-15H,3-13H2,1-2H3,(H2,17,18,19);1H. The van der Waals surface area contributed by atoms with Gasteiger partial charge in [0.1, 0.15) is 0 Å². The molecule has 21 heavy (non-hydrogen) atoms. The van der Waals surface area contributed by atoms with E-state index in [0.717, 1.165) is 37.6 Å². The average molecular weight is 408 g/mol. The van der Waals surface area contributed by atoms with E-state index < -0.39 is 0 Å². The van der Waals surface area contributed by atoms with Crippen molar-refractivity contribution in [1.29, 1.82) is 0 Å². The van der Waals surface area contributed by atoms with Gasteiger partial charge in [-0.3, -0.25) is 4.99 Å². The van der Waals surface area contributed by atoms with Crippen LogP contribution in [0.3, 0.4) is 0 Å². The first-order valence-corrected chi connectivity index (χ1v) is 8.59. The molecule has 0 aromatic heterocycles. The molecule has 0 amide bonds. The summed E-state index contributed by atoms with van der Waals surface area (Å²) < 4.78 is 0. The Kier molecular flexibility index (Phi) is 9.64. The highest BCUT2D eigenvalue weighted by Gasteiger charge is 2.34. The number of unbranched alkanes of at least 4 members (excludes halogenated alkanes) is 2. The van der Waals surface area contributed by atoms with E-state index in [9.17, 15) is 0 Å². The summed E-state index contributed by atoms with van der Waals surface area (Å²) in [6.07, 6.45) is 7.99. The summed E-state index contributed by atoms with van der Waals surface area (Å²) >= 11 is 0. The van der Waals surface area contributed by atoms with Gasteiger partial charge in [-0.25, -0.2) is 0 Å². The smallest absolute Gasteiger partial charge is 0.191 e. The third kappa shape index (κ3) is 7.17. The lowest BCUT2D eigenvalue weighted by Crippen LogP contribution is -2.38. The van der Waals surface area contributed by atoms with Crippen LogP contribution in [0.1, 0.15) is 52.4 Å². The molecule has 1 heterocycles. The molecule has 0 spiro atoms. The van der Waals surface area contributed by atoms with Crippen LogP contribution < -0.4 is 10.6 Å². The Hall–Kier alpha value is -0.0400. The van der Waals surface area contributed by atoms with Crippen molar-refractivity contribution < 1.29 is 0 Å². The first-order chi connectivity index (χ1) is 9.83. The summed E-state index contributed by atoms with van der Waals surface area (Å²) in [6, 6.07) is 0.921. The highest BCUT2D eigenvalue weighted by atomic mass is 127. The number of aliphatic imine (C=N–C) groups is 1. The van der Waals surface area contributed by atoms with Crippen LogP contribution in [0.15, 0.2) is 4.99 Å². The molecule has 4 nitrogen and oxygen atoms in total. The molecule has 2 rings (SSSR count). The molecule has 0 bridgehead atoms. The number of likely N-dealkylation sites (tertiary alicyclic amines) is 1. The molecule has 1 aliphatic carbocycles. The second-order valence-electron chi connectivity index (χ2n) is 6.23. The van der Waals surface area contributed by atoms with Gasteiger partial charge in [0.05, 0.1) is 0 Å². The third-order valence-corrected chi connectivity index (χ3v) is 4.31. The summed E-state index contributed by atoms with van der Waals surface area (Å²) in [4.78, 5) is 7.44. The van der Waals surface area contributed by atoms with Gasteiger partial charge in [0.15, 0.2) is 5.96 Å². The molecular formula is C16H33IN4. The first-order valence-electron chi connectivity index (χ1n) is 8.59. The van der Waals surface area contributed by atoms with Gasteiger partial charge in [0.25, 0.3) is 0 Å². The van der Waals surface area contributed by atoms with Gasteiger partial charge in [-0.2, -0.15) is 0 Å². The Balaban J connectivity index is 0.00000220. The number of halogens is 1. The number of nitrogens with one attached hydrogen (secondary N) is 2. The van der Waals surface area contributed by atoms with Gasteiger partial charge in [-0.05, 0) is 45.1 Å². The van der Waals surface area contributed by atoms with Crippen LogP contribution in [0.5, 0.6) is 0 Å². The van der Waals surface area contributed by atoms with Crippen molar-refractivity contribution in [3.8, 4) is 0 Å². The second kappa shape index (κ2) is 10.6. The van der Waals surface area contributed by atoms with Gasteiger partial charge in [0.2, 0.25) is 0 Å². The summed E-state index contributed by atoms with van der Waals surface area (Å²) in [5.74, 6) is 1.77. The Morgan fingerprint density at radius 1 is 1.14 bits per heavy atom. The Labute approximate surface area is 147 Å². The molecule has 2 N–H and O–H groups in total. The van der Waals surface area contributed by atoms with Crippen LogP contribution in [0.4, 0.5) is 0 Å².